The largest absolute Gasteiger partial charge is 0.490 e. The van der Waals surface area contributed by atoms with Crippen LogP contribution in [0.2, 0.25) is 0 Å². The smallest absolute Gasteiger partial charge is 0.229 e. The van der Waals surface area contributed by atoms with Crippen LogP contribution < -0.4 is 10.1 Å². The molecule has 3 aliphatic rings. The molecule has 1 N–H and O–H groups in total. The van der Waals surface area contributed by atoms with E-state index in [1.54, 1.807) is 35.5 Å². The Morgan fingerprint density at radius 2 is 1.97 bits per heavy atom. The summed E-state index contributed by atoms with van der Waals surface area (Å²) in [6.45, 7) is 0. The highest BCUT2D eigenvalue weighted by Crippen LogP contribution is 2.64. The molecule has 3 heterocycles. The van der Waals surface area contributed by atoms with Crippen molar-refractivity contribution in [2.75, 3.05) is 5.32 Å². The molecule has 1 aromatic carbocycles. The van der Waals surface area contributed by atoms with Gasteiger partial charge in [0, 0.05) is 17.5 Å². The lowest BCUT2D eigenvalue weighted by molar-refractivity contribution is -0.121. The molecule has 4 aromatic rings. The number of nitrogens with zero attached hydrogens (tertiary/aromatic N) is 5. The average molecular weight is 485 g/mol. The van der Waals surface area contributed by atoms with Gasteiger partial charge in [0.25, 0.3) is 0 Å². The minimum absolute atomic E-state index is 0.0218. The van der Waals surface area contributed by atoms with Crippen LogP contribution in [0.4, 0.5) is 10.2 Å². The number of carbonyl (C=O) groups is 1. The summed E-state index contributed by atoms with van der Waals surface area (Å²) in [5.74, 6) is 2.89. The van der Waals surface area contributed by atoms with E-state index in [4.69, 9.17) is 4.74 Å². The first-order valence-corrected chi connectivity index (χ1v) is 12.5. The van der Waals surface area contributed by atoms with Gasteiger partial charge in [0.15, 0.2) is 0 Å². The van der Waals surface area contributed by atoms with E-state index in [0.717, 1.165) is 36.9 Å². The van der Waals surface area contributed by atoms with Gasteiger partial charge in [0.1, 0.15) is 30.0 Å². The van der Waals surface area contributed by atoms with E-state index >= 15 is 0 Å². The predicted octanol–water partition coefficient (Wildman–Crippen LogP) is 4.42. The summed E-state index contributed by atoms with van der Waals surface area (Å²) >= 11 is 0. The average Bonchev–Trinajstić information content (AvgIpc) is 3.69. The third kappa shape index (κ3) is 3.88. The molecule has 7 rings (SSSR count). The highest BCUT2D eigenvalue weighted by molar-refractivity contribution is 5.92. The zero-order valence-corrected chi connectivity index (χ0v) is 19.5. The van der Waals surface area contributed by atoms with Crippen LogP contribution in [-0.4, -0.2) is 36.7 Å². The fraction of sp³-hybridized carbons (Fsp3) is 0.370. The molecule has 0 aliphatic heterocycles. The van der Waals surface area contributed by atoms with Gasteiger partial charge in [0.05, 0.1) is 23.5 Å². The van der Waals surface area contributed by atoms with Crippen molar-refractivity contribution in [3.8, 4) is 11.4 Å². The van der Waals surface area contributed by atoms with E-state index in [1.807, 2.05) is 12.1 Å². The number of amides is 1. The maximum Gasteiger partial charge on any atom is 0.229 e. The van der Waals surface area contributed by atoms with Gasteiger partial charge < -0.3 is 10.1 Å². The molecule has 9 heteroatoms. The summed E-state index contributed by atoms with van der Waals surface area (Å²) in [5.41, 5.74) is 1.51. The van der Waals surface area contributed by atoms with Crippen molar-refractivity contribution in [1.29, 1.82) is 0 Å². The van der Waals surface area contributed by atoms with E-state index in [9.17, 15) is 9.18 Å². The first-order chi connectivity index (χ1) is 17.6. The number of ether oxygens (including phenoxy) is 1. The van der Waals surface area contributed by atoms with Crippen molar-refractivity contribution in [3.63, 3.8) is 0 Å². The zero-order chi connectivity index (χ0) is 24.2. The second-order valence-electron chi connectivity index (χ2n) is 10.2. The molecule has 0 saturated heterocycles. The minimum atomic E-state index is -0.296. The van der Waals surface area contributed by atoms with Gasteiger partial charge in [-0.05, 0) is 85.8 Å². The highest BCUT2D eigenvalue weighted by atomic mass is 19.1. The number of hydrogen-bond donors (Lipinski definition) is 1. The fourth-order valence-electron chi connectivity index (χ4n) is 6.15. The molecule has 0 radical (unpaired) electrons. The molecule has 3 aromatic heterocycles. The minimum Gasteiger partial charge on any atom is -0.490 e. The number of fused-ring (bicyclic) bond motifs is 2. The second kappa shape index (κ2) is 8.36. The number of rotatable bonds is 7. The van der Waals surface area contributed by atoms with Gasteiger partial charge in [-0.25, -0.2) is 19.0 Å². The molecule has 3 unspecified atom stereocenters. The molecule has 5 atom stereocenters. The molecule has 182 valence electrons. The number of benzene rings is 1. The molecule has 1 amide bonds. The van der Waals surface area contributed by atoms with Crippen molar-refractivity contribution in [1.82, 2.24) is 24.7 Å². The summed E-state index contributed by atoms with van der Waals surface area (Å²) in [5, 5.41) is 7.86. The zero-order valence-electron chi connectivity index (χ0n) is 19.5. The van der Waals surface area contributed by atoms with E-state index < -0.39 is 0 Å². The molecule has 3 fully saturated rings. The summed E-state index contributed by atoms with van der Waals surface area (Å²) < 4.78 is 21.7. The molecule has 3 saturated carbocycles. The van der Waals surface area contributed by atoms with Crippen molar-refractivity contribution in [2.24, 2.45) is 29.6 Å². The Kier molecular flexibility index (Phi) is 4.97. The van der Waals surface area contributed by atoms with Gasteiger partial charge >= 0.3 is 0 Å². The van der Waals surface area contributed by atoms with Crippen molar-refractivity contribution < 1.29 is 13.9 Å². The molecule has 0 spiro atoms. The van der Waals surface area contributed by atoms with Gasteiger partial charge in [0.2, 0.25) is 5.91 Å². The summed E-state index contributed by atoms with van der Waals surface area (Å²) in [6, 6.07) is 10.1. The lowest BCUT2D eigenvalue weighted by atomic mass is 9.91. The Morgan fingerprint density at radius 3 is 2.69 bits per heavy atom. The lowest BCUT2D eigenvalue weighted by Gasteiger charge is -2.22. The third-order valence-corrected chi connectivity index (χ3v) is 7.95. The van der Waals surface area contributed by atoms with E-state index in [0.29, 0.717) is 40.6 Å². The van der Waals surface area contributed by atoms with Gasteiger partial charge in [-0.2, -0.15) is 5.10 Å². The maximum absolute atomic E-state index is 13.8. The number of aromatic nitrogens is 5. The first kappa shape index (κ1) is 21.4. The summed E-state index contributed by atoms with van der Waals surface area (Å²) in [7, 11) is 0. The third-order valence-electron chi connectivity index (χ3n) is 7.95. The molecule has 3 aliphatic carbocycles. The number of pyridine rings is 2. The van der Waals surface area contributed by atoms with E-state index in [2.05, 4.69) is 25.4 Å². The summed E-state index contributed by atoms with van der Waals surface area (Å²) in [4.78, 5) is 26.0. The number of halogens is 1. The van der Waals surface area contributed by atoms with Crippen LogP contribution >= 0.6 is 0 Å². The first-order valence-electron chi connectivity index (χ1n) is 12.5. The fourth-order valence-corrected chi connectivity index (χ4v) is 6.15. The van der Waals surface area contributed by atoms with Gasteiger partial charge in [-0.1, -0.05) is 0 Å². The quantitative estimate of drug-likeness (QED) is 0.417. The molecular formula is C27H25FN6O2. The van der Waals surface area contributed by atoms with Crippen LogP contribution in [0, 0.1) is 35.4 Å². The topological polar surface area (TPSA) is 94.8 Å². The van der Waals surface area contributed by atoms with Crippen molar-refractivity contribution >= 4 is 22.6 Å². The molecular weight excluding hydrogens is 459 g/mol. The number of nitrogens with one attached hydrogen (secondary N) is 1. The Labute approximate surface area is 206 Å². The van der Waals surface area contributed by atoms with Crippen molar-refractivity contribution in [2.45, 2.75) is 31.8 Å². The van der Waals surface area contributed by atoms with Crippen LogP contribution in [0.5, 0.6) is 5.75 Å². The highest BCUT2D eigenvalue weighted by Gasteiger charge is 2.63. The standard InChI is InChI=1S/C27H25FN6O2/c28-16-3-5-22-21(9-16)23(7-8-30-22)36-18-10-19-20(11-18)26(19)25(15-1-2-15)27(35)33-24-6-4-17(12-31-24)34-14-29-13-32-34/h3-9,12-15,18-20,25-26H,1-2,10-11H2,(H,31,33,35)/t18?,19-,20+,25?,26?. The van der Waals surface area contributed by atoms with Crippen LogP contribution in [0.3, 0.4) is 0 Å². The second-order valence-corrected chi connectivity index (χ2v) is 10.2. The van der Waals surface area contributed by atoms with Crippen LogP contribution in [0.15, 0.2) is 61.4 Å². The molecule has 8 nitrogen and oxygen atoms in total. The number of carbonyl (C=O) groups excluding carboxylic acids is 1. The summed E-state index contributed by atoms with van der Waals surface area (Å²) in [6.07, 6.45) is 10.6. The van der Waals surface area contributed by atoms with Gasteiger partial charge in [-0.15, -0.1) is 0 Å². The van der Waals surface area contributed by atoms with E-state index in [-0.39, 0.29) is 23.7 Å². The Balaban J connectivity index is 1.00. The maximum atomic E-state index is 13.8. The Morgan fingerprint density at radius 1 is 1.11 bits per heavy atom. The Hall–Kier alpha value is -3.88. The van der Waals surface area contributed by atoms with Crippen LogP contribution in [0.25, 0.3) is 16.6 Å². The van der Waals surface area contributed by atoms with E-state index in [1.165, 1.54) is 18.5 Å². The Bertz CT molecular complexity index is 1410. The number of anilines is 1. The van der Waals surface area contributed by atoms with Crippen molar-refractivity contribution in [3.05, 3.63) is 67.3 Å². The predicted molar refractivity (Wildman–Crippen MR) is 130 cm³/mol. The molecule has 0 bridgehead atoms. The monoisotopic (exact) mass is 484 g/mol. The molecule has 36 heavy (non-hydrogen) atoms. The van der Waals surface area contributed by atoms with Gasteiger partial charge in [-0.3, -0.25) is 9.78 Å². The number of hydrogen-bond acceptors (Lipinski definition) is 6. The normalized spacial score (nSPS) is 25.4. The van der Waals surface area contributed by atoms with Crippen LogP contribution in [-0.2, 0) is 4.79 Å². The SMILES string of the molecule is O=C(Nc1ccc(-n2cncn2)cn1)C(C1CC1)C1[C@H]2CC(Oc3ccnc4ccc(F)cc34)C[C@@H]12. The van der Waals surface area contributed by atoms with Crippen LogP contribution in [0.1, 0.15) is 25.7 Å². The lowest BCUT2D eigenvalue weighted by Crippen LogP contribution is -2.29.